The molecule has 6 nitrogen and oxygen atoms in total. The van der Waals surface area contributed by atoms with Gasteiger partial charge < -0.3 is 14.2 Å². The van der Waals surface area contributed by atoms with Gasteiger partial charge in [0.15, 0.2) is 11.5 Å². The molecule has 0 unspecified atom stereocenters. The predicted octanol–water partition coefficient (Wildman–Crippen LogP) is 4.53. The molecule has 0 fully saturated rings. The minimum absolute atomic E-state index is 0.000504. The van der Waals surface area contributed by atoms with E-state index in [1.54, 1.807) is 54.6 Å². The molecule has 0 bridgehead atoms. The van der Waals surface area contributed by atoms with Crippen molar-refractivity contribution in [3.8, 4) is 29.4 Å². The van der Waals surface area contributed by atoms with Crippen LogP contribution in [0.4, 0.5) is 0 Å². The Hall–Kier alpha value is -4.03. The Bertz CT molecular complexity index is 977. The van der Waals surface area contributed by atoms with Gasteiger partial charge in [0.2, 0.25) is 0 Å². The second kappa shape index (κ2) is 11.0. The van der Waals surface area contributed by atoms with Crippen molar-refractivity contribution in [2.24, 2.45) is 0 Å². The van der Waals surface area contributed by atoms with Crippen molar-refractivity contribution >= 4 is 18.1 Å². The summed E-state index contributed by atoms with van der Waals surface area (Å²) in [4.78, 5) is 12.1. The van der Waals surface area contributed by atoms with Gasteiger partial charge in [0.25, 0.3) is 0 Å². The number of nitriles is 2. The molecule has 2 aromatic carbocycles. The molecule has 0 aliphatic rings. The standard InChI is InChI=1S/C23H20N2O4/c1-3-27-21-11-7-18(14-22(21)28-4-2)8-12-23(26)29-20-9-5-17(6-10-20)13-19(15-24)16-25/h5-14H,3-4H2,1-2H3/b12-8+. The fraction of sp³-hybridized carbons (Fsp3) is 0.174. The van der Waals surface area contributed by atoms with Crippen molar-refractivity contribution in [1.82, 2.24) is 0 Å². The van der Waals surface area contributed by atoms with Crippen LogP contribution in [0.15, 0.2) is 54.1 Å². The highest BCUT2D eigenvalue weighted by Gasteiger charge is 2.06. The molecule has 0 N–H and O–H groups in total. The van der Waals surface area contributed by atoms with Gasteiger partial charge in [0.1, 0.15) is 23.5 Å². The molecule has 0 radical (unpaired) electrons. The highest BCUT2D eigenvalue weighted by atomic mass is 16.5. The first-order valence-electron chi connectivity index (χ1n) is 9.01. The Morgan fingerprint density at radius 1 is 0.931 bits per heavy atom. The largest absolute Gasteiger partial charge is 0.490 e. The third-order valence-electron chi connectivity index (χ3n) is 3.63. The highest BCUT2D eigenvalue weighted by molar-refractivity contribution is 5.88. The molecule has 6 heteroatoms. The van der Waals surface area contributed by atoms with Gasteiger partial charge in [0, 0.05) is 6.08 Å². The minimum atomic E-state index is -0.533. The molecule has 0 aromatic heterocycles. The highest BCUT2D eigenvalue weighted by Crippen LogP contribution is 2.29. The normalized spacial score (nSPS) is 9.93. The van der Waals surface area contributed by atoms with E-state index in [0.717, 1.165) is 5.56 Å². The lowest BCUT2D eigenvalue weighted by atomic mass is 10.1. The maximum atomic E-state index is 12.1. The maximum absolute atomic E-state index is 12.1. The fourth-order valence-corrected chi connectivity index (χ4v) is 2.37. The Morgan fingerprint density at radius 2 is 1.55 bits per heavy atom. The van der Waals surface area contributed by atoms with Gasteiger partial charge in [-0.15, -0.1) is 0 Å². The molecule has 29 heavy (non-hydrogen) atoms. The summed E-state index contributed by atoms with van der Waals surface area (Å²) in [6, 6.07) is 15.5. The number of carbonyl (C=O) groups excluding carboxylic acids is 1. The van der Waals surface area contributed by atoms with Gasteiger partial charge in [-0.1, -0.05) is 18.2 Å². The van der Waals surface area contributed by atoms with E-state index in [2.05, 4.69) is 0 Å². The average molecular weight is 388 g/mol. The maximum Gasteiger partial charge on any atom is 0.336 e. The topological polar surface area (TPSA) is 92.3 Å². The van der Waals surface area contributed by atoms with Crippen LogP contribution in [0.2, 0.25) is 0 Å². The first kappa shape index (κ1) is 21.3. The van der Waals surface area contributed by atoms with Crippen molar-refractivity contribution in [3.05, 3.63) is 65.2 Å². The van der Waals surface area contributed by atoms with Crippen molar-refractivity contribution in [2.75, 3.05) is 13.2 Å². The number of nitrogens with zero attached hydrogens (tertiary/aromatic N) is 2. The van der Waals surface area contributed by atoms with Gasteiger partial charge in [0.05, 0.1) is 13.2 Å². The molecule has 0 amide bonds. The van der Waals surface area contributed by atoms with E-state index in [1.165, 1.54) is 12.2 Å². The number of hydrogen-bond acceptors (Lipinski definition) is 6. The number of ether oxygens (including phenoxy) is 3. The van der Waals surface area contributed by atoms with Crippen LogP contribution in [0.1, 0.15) is 25.0 Å². The summed E-state index contributed by atoms with van der Waals surface area (Å²) in [5.74, 6) is 1.09. The van der Waals surface area contributed by atoms with Crippen molar-refractivity contribution < 1.29 is 19.0 Å². The molecular formula is C23H20N2O4. The third kappa shape index (κ3) is 6.57. The summed E-state index contributed by atoms with van der Waals surface area (Å²) in [7, 11) is 0. The van der Waals surface area contributed by atoms with Gasteiger partial charge in [-0.2, -0.15) is 10.5 Å². The van der Waals surface area contributed by atoms with Crippen LogP contribution < -0.4 is 14.2 Å². The summed E-state index contributed by atoms with van der Waals surface area (Å²) in [5, 5.41) is 17.5. The monoisotopic (exact) mass is 388 g/mol. The van der Waals surface area contributed by atoms with E-state index in [4.69, 9.17) is 24.7 Å². The Balaban J connectivity index is 2.04. The van der Waals surface area contributed by atoms with Crippen LogP contribution in [-0.4, -0.2) is 19.2 Å². The lowest BCUT2D eigenvalue weighted by Crippen LogP contribution is -2.03. The molecule has 146 valence electrons. The zero-order chi connectivity index (χ0) is 21.1. The van der Waals surface area contributed by atoms with E-state index in [1.807, 2.05) is 19.9 Å². The zero-order valence-corrected chi connectivity index (χ0v) is 16.2. The summed E-state index contributed by atoms with van der Waals surface area (Å²) in [6.07, 6.45) is 4.40. The second-order valence-corrected chi connectivity index (χ2v) is 5.68. The van der Waals surface area contributed by atoms with E-state index >= 15 is 0 Å². The number of carbonyl (C=O) groups is 1. The van der Waals surface area contributed by atoms with Crippen LogP contribution in [0.25, 0.3) is 12.2 Å². The molecule has 0 spiro atoms. The van der Waals surface area contributed by atoms with Crippen LogP contribution in [0.5, 0.6) is 17.2 Å². The first-order valence-corrected chi connectivity index (χ1v) is 9.01. The van der Waals surface area contributed by atoms with Crippen LogP contribution in [-0.2, 0) is 4.79 Å². The molecular weight excluding hydrogens is 368 g/mol. The third-order valence-corrected chi connectivity index (χ3v) is 3.63. The van der Waals surface area contributed by atoms with Gasteiger partial charge in [-0.05, 0) is 61.4 Å². The van der Waals surface area contributed by atoms with Crippen LogP contribution in [0, 0.1) is 22.7 Å². The summed E-state index contributed by atoms with van der Waals surface area (Å²) in [5.41, 5.74) is 1.44. The number of esters is 1. The minimum Gasteiger partial charge on any atom is -0.490 e. The van der Waals surface area contributed by atoms with E-state index in [0.29, 0.717) is 36.0 Å². The molecule has 0 heterocycles. The van der Waals surface area contributed by atoms with Crippen molar-refractivity contribution in [2.45, 2.75) is 13.8 Å². The zero-order valence-electron chi connectivity index (χ0n) is 16.2. The Labute approximate surface area is 169 Å². The fourth-order valence-electron chi connectivity index (χ4n) is 2.37. The van der Waals surface area contributed by atoms with Gasteiger partial charge in [-0.3, -0.25) is 0 Å². The lowest BCUT2D eigenvalue weighted by Gasteiger charge is -2.11. The van der Waals surface area contributed by atoms with Gasteiger partial charge >= 0.3 is 5.97 Å². The van der Waals surface area contributed by atoms with E-state index < -0.39 is 5.97 Å². The molecule has 0 saturated heterocycles. The van der Waals surface area contributed by atoms with E-state index in [-0.39, 0.29) is 5.57 Å². The smallest absolute Gasteiger partial charge is 0.336 e. The van der Waals surface area contributed by atoms with E-state index in [9.17, 15) is 4.79 Å². The quantitative estimate of drug-likeness (QED) is 0.285. The molecule has 0 atom stereocenters. The summed E-state index contributed by atoms with van der Waals surface area (Å²) in [6.45, 7) is 4.82. The summed E-state index contributed by atoms with van der Waals surface area (Å²) < 4.78 is 16.3. The Kier molecular flexibility index (Phi) is 8.04. The van der Waals surface area contributed by atoms with Crippen molar-refractivity contribution in [3.63, 3.8) is 0 Å². The number of hydrogen-bond donors (Lipinski definition) is 0. The average Bonchev–Trinajstić information content (AvgIpc) is 2.73. The van der Waals surface area contributed by atoms with Crippen LogP contribution >= 0.6 is 0 Å². The van der Waals surface area contributed by atoms with Crippen molar-refractivity contribution in [1.29, 1.82) is 10.5 Å². The number of rotatable bonds is 8. The molecule has 2 rings (SSSR count). The molecule has 0 aliphatic heterocycles. The Morgan fingerprint density at radius 3 is 2.17 bits per heavy atom. The molecule has 0 saturated carbocycles. The molecule has 2 aromatic rings. The number of allylic oxidation sites excluding steroid dienone is 1. The van der Waals surface area contributed by atoms with Crippen LogP contribution in [0.3, 0.4) is 0 Å². The van der Waals surface area contributed by atoms with Gasteiger partial charge in [-0.25, -0.2) is 4.79 Å². The first-order chi connectivity index (χ1) is 14.1. The predicted molar refractivity (Wildman–Crippen MR) is 109 cm³/mol. The summed E-state index contributed by atoms with van der Waals surface area (Å²) >= 11 is 0. The lowest BCUT2D eigenvalue weighted by molar-refractivity contribution is -0.128. The molecule has 0 aliphatic carbocycles. The number of benzene rings is 2. The second-order valence-electron chi connectivity index (χ2n) is 5.68. The SMILES string of the molecule is CCOc1ccc(/C=C/C(=O)Oc2ccc(C=C(C#N)C#N)cc2)cc1OCC.